The molecule has 0 aromatic carbocycles. The zero-order chi connectivity index (χ0) is 16.0. The summed E-state index contributed by atoms with van der Waals surface area (Å²) in [6.07, 6.45) is 6.99. The van der Waals surface area contributed by atoms with Crippen molar-refractivity contribution in [1.82, 2.24) is 4.90 Å². The highest BCUT2D eigenvalue weighted by Crippen LogP contribution is 2.29. The van der Waals surface area contributed by atoms with Crippen molar-refractivity contribution in [3.8, 4) is 0 Å². The SMILES string of the molecule is CC(=O)CN(C)[C@H](CC1CCCCC1)C(=O)OC(C)(C)C. The minimum absolute atomic E-state index is 0.0784. The molecule has 0 aromatic heterocycles. The van der Waals surface area contributed by atoms with E-state index in [2.05, 4.69) is 0 Å². The maximum Gasteiger partial charge on any atom is 0.323 e. The Morgan fingerprint density at radius 2 is 1.76 bits per heavy atom. The highest BCUT2D eigenvalue weighted by molar-refractivity contribution is 5.80. The molecule has 0 spiro atoms. The van der Waals surface area contributed by atoms with Crippen LogP contribution in [0.25, 0.3) is 0 Å². The predicted octanol–water partition coefficient (Wildman–Crippen LogP) is 3.19. The average molecular weight is 297 g/mol. The number of nitrogens with zero attached hydrogens (tertiary/aromatic N) is 1. The lowest BCUT2D eigenvalue weighted by molar-refractivity contribution is -0.161. The highest BCUT2D eigenvalue weighted by Gasteiger charge is 2.31. The van der Waals surface area contributed by atoms with E-state index in [0.717, 1.165) is 6.42 Å². The molecule has 4 nitrogen and oxygen atoms in total. The number of esters is 1. The molecule has 0 amide bonds. The van der Waals surface area contributed by atoms with Gasteiger partial charge < -0.3 is 4.74 Å². The van der Waals surface area contributed by atoms with Gasteiger partial charge in [-0.25, -0.2) is 0 Å². The average Bonchev–Trinajstić information content (AvgIpc) is 2.34. The van der Waals surface area contributed by atoms with Crippen molar-refractivity contribution in [3.05, 3.63) is 0 Å². The minimum atomic E-state index is -0.487. The van der Waals surface area contributed by atoms with Gasteiger partial charge in [0.25, 0.3) is 0 Å². The Labute approximate surface area is 129 Å². The van der Waals surface area contributed by atoms with E-state index in [1.807, 2.05) is 32.7 Å². The van der Waals surface area contributed by atoms with Gasteiger partial charge in [0.15, 0.2) is 0 Å². The van der Waals surface area contributed by atoms with Gasteiger partial charge in [0.2, 0.25) is 0 Å². The molecule has 0 bridgehead atoms. The molecule has 0 heterocycles. The van der Waals surface area contributed by atoms with Crippen LogP contribution in [0.1, 0.15) is 66.2 Å². The Morgan fingerprint density at radius 1 is 1.19 bits per heavy atom. The quantitative estimate of drug-likeness (QED) is 0.706. The molecule has 1 aliphatic carbocycles. The van der Waals surface area contributed by atoms with Gasteiger partial charge in [-0.2, -0.15) is 0 Å². The van der Waals surface area contributed by atoms with Crippen LogP contribution >= 0.6 is 0 Å². The van der Waals surface area contributed by atoms with Gasteiger partial charge in [0.05, 0.1) is 6.54 Å². The predicted molar refractivity (Wildman–Crippen MR) is 84.1 cm³/mol. The molecule has 0 N–H and O–H groups in total. The molecule has 21 heavy (non-hydrogen) atoms. The molecule has 0 saturated heterocycles. The molecule has 1 rings (SSSR count). The van der Waals surface area contributed by atoms with E-state index < -0.39 is 5.60 Å². The van der Waals surface area contributed by atoms with Gasteiger partial charge in [-0.05, 0) is 47.1 Å². The van der Waals surface area contributed by atoms with E-state index in [4.69, 9.17) is 4.74 Å². The molecule has 0 aromatic rings. The summed E-state index contributed by atoms with van der Waals surface area (Å²) < 4.78 is 5.55. The lowest BCUT2D eigenvalue weighted by atomic mass is 9.84. The fraction of sp³-hybridized carbons (Fsp3) is 0.882. The Hall–Kier alpha value is -0.900. The van der Waals surface area contributed by atoms with E-state index in [-0.39, 0.29) is 17.8 Å². The number of Topliss-reactive ketones (excluding diaryl/α,β-unsaturated/α-hetero) is 1. The van der Waals surface area contributed by atoms with Crippen LogP contribution in [-0.4, -0.2) is 41.9 Å². The Bertz CT molecular complexity index is 354. The first kappa shape index (κ1) is 18.1. The lowest BCUT2D eigenvalue weighted by Gasteiger charge is -2.32. The summed E-state index contributed by atoms with van der Waals surface area (Å²) in [5.74, 6) is 0.456. The fourth-order valence-corrected chi connectivity index (χ4v) is 3.03. The normalized spacial score (nSPS) is 18.6. The Balaban J connectivity index is 2.72. The number of rotatable bonds is 6. The molecule has 1 fully saturated rings. The third kappa shape index (κ3) is 7.07. The highest BCUT2D eigenvalue weighted by atomic mass is 16.6. The second-order valence-electron chi connectivity index (χ2n) is 7.41. The van der Waals surface area contributed by atoms with Crippen LogP contribution < -0.4 is 0 Å². The first-order valence-corrected chi connectivity index (χ1v) is 8.11. The lowest BCUT2D eigenvalue weighted by Crippen LogP contribution is -2.45. The van der Waals surface area contributed by atoms with Gasteiger partial charge >= 0.3 is 5.97 Å². The van der Waals surface area contributed by atoms with Gasteiger partial charge in [0, 0.05) is 0 Å². The number of hydrogen-bond donors (Lipinski definition) is 0. The minimum Gasteiger partial charge on any atom is -0.459 e. The zero-order valence-electron chi connectivity index (χ0n) is 14.3. The summed E-state index contributed by atoms with van der Waals surface area (Å²) in [6, 6.07) is -0.309. The van der Waals surface area contributed by atoms with E-state index in [1.54, 1.807) is 6.92 Å². The summed E-state index contributed by atoms with van der Waals surface area (Å²) >= 11 is 0. The Morgan fingerprint density at radius 3 is 2.24 bits per heavy atom. The zero-order valence-corrected chi connectivity index (χ0v) is 14.3. The molecular formula is C17H31NO3. The van der Waals surface area contributed by atoms with Crippen molar-refractivity contribution in [2.24, 2.45) is 5.92 Å². The number of carbonyl (C=O) groups excluding carboxylic acids is 2. The largest absolute Gasteiger partial charge is 0.459 e. The standard InChI is InChI=1S/C17H31NO3/c1-13(19)12-18(5)15(16(20)21-17(2,3)4)11-14-9-7-6-8-10-14/h14-15H,6-12H2,1-5H3/t15-/m1/s1. The molecule has 1 aliphatic rings. The summed E-state index contributed by atoms with van der Waals surface area (Å²) in [4.78, 5) is 25.7. The molecule has 0 radical (unpaired) electrons. The van der Waals surface area contributed by atoms with Gasteiger partial charge in [0.1, 0.15) is 17.4 Å². The van der Waals surface area contributed by atoms with Gasteiger partial charge in [-0.1, -0.05) is 32.1 Å². The Kier molecular flexibility index (Phi) is 6.85. The van der Waals surface area contributed by atoms with Crippen LogP contribution in [0.2, 0.25) is 0 Å². The fourth-order valence-electron chi connectivity index (χ4n) is 3.03. The van der Waals surface area contributed by atoms with E-state index in [0.29, 0.717) is 12.5 Å². The number of likely N-dealkylation sites (N-methyl/N-ethyl adjacent to an activating group) is 1. The second-order valence-corrected chi connectivity index (χ2v) is 7.41. The summed E-state index contributed by atoms with van der Waals surface area (Å²) in [7, 11) is 1.85. The maximum absolute atomic E-state index is 12.5. The van der Waals surface area contributed by atoms with Crippen LogP contribution in [0.3, 0.4) is 0 Å². The summed E-state index contributed by atoms with van der Waals surface area (Å²) in [5.41, 5.74) is -0.487. The third-order valence-electron chi connectivity index (χ3n) is 3.96. The maximum atomic E-state index is 12.5. The molecule has 4 heteroatoms. The summed E-state index contributed by atoms with van der Waals surface area (Å²) in [6.45, 7) is 7.51. The number of ether oxygens (including phenoxy) is 1. The van der Waals surface area contributed by atoms with Crippen LogP contribution in [-0.2, 0) is 14.3 Å². The second kappa shape index (κ2) is 7.92. The van der Waals surface area contributed by atoms with Crippen LogP contribution in [0.15, 0.2) is 0 Å². The van der Waals surface area contributed by atoms with Gasteiger partial charge in [-0.3, -0.25) is 14.5 Å². The van der Waals surface area contributed by atoms with Crippen molar-refractivity contribution in [3.63, 3.8) is 0 Å². The molecule has 1 atom stereocenters. The van der Waals surface area contributed by atoms with E-state index in [1.165, 1.54) is 32.1 Å². The number of hydrogen-bond acceptors (Lipinski definition) is 4. The summed E-state index contributed by atoms with van der Waals surface area (Å²) in [5, 5.41) is 0. The van der Waals surface area contributed by atoms with Crippen LogP contribution in [0.5, 0.6) is 0 Å². The molecule has 1 saturated carbocycles. The molecule has 0 unspecified atom stereocenters. The third-order valence-corrected chi connectivity index (χ3v) is 3.96. The molecular weight excluding hydrogens is 266 g/mol. The van der Waals surface area contributed by atoms with Crippen LogP contribution in [0.4, 0.5) is 0 Å². The van der Waals surface area contributed by atoms with Gasteiger partial charge in [-0.15, -0.1) is 0 Å². The van der Waals surface area contributed by atoms with Crippen molar-refractivity contribution in [2.75, 3.05) is 13.6 Å². The topological polar surface area (TPSA) is 46.6 Å². The van der Waals surface area contributed by atoms with E-state index in [9.17, 15) is 9.59 Å². The monoisotopic (exact) mass is 297 g/mol. The van der Waals surface area contributed by atoms with E-state index >= 15 is 0 Å². The van der Waals surface area contributed by atoms with Crippen molar-refractivity contribution < 1.29 is 14.3 Å². The first-order valence-electron chi connectivity index (χ1n) is 8.11. The number of ketones is 1. The first-order chi connectivity index (χ1) is 9.69. The van der Waals surface area contributed by atoms with Crippen molar-refractivity contribution in [1.29, 1.82) is 0 Å². The molecule has 0 aliphatic heterocycles. The number of carbonyl (C=O) groups is 2. The van der Waals surface area contributed by atoms with Crippen molar-refractivity contribution >= 4 is 11.8 Å². The van der Waals surface area contributed by atoms with Crippen molar-refractivity contribution in [2.45, 2.75) is 77.9 Å². The molecule has 122 valence electrons. The smallest absolute Gasteiger partial charge is 0.323 e. The van der Waals surface area contributed by atoms with Crippen LogP contribution in [0, 0.1) is 5.92 Å².